The number of allylic oxidation sites excluding steroid dienone is 3. The van der Waals surface area contributed by atoms with Gasteiger partial charge < -0.3 is 68.6 Å². The van der Waals surface area contributed by atoms with Crippen molar-refractivity contribution in [3.05, 3.63) is 82.5 Å². The van der Waals surface area contributed by atoms with E-state index in [1.807, 2.05) is 44.2 Å². The van der Waals surface area contributed by atoms with Gasteiger partial charge in [-0.15, -0.1) is 0 Å². The minimum atomic E-state index is -1.87. The van der Waals surface area contributed by atoms with Crippen LogP contribution in [-0.4, -0.2) is 192 Å². The van der Waals surface area contributed by atoms with Gasteiger partial charge in [0.1, 0.15) is 40.7 Å². The molecule has 4 bridgehead atoms. The van der Waals surface area contributed by atoms with Gasteiger partial charge in [0.05, 0.1) is 71.3 Å². The summed E-state index contributed by atoms with van der Waals surface area (Å²) in [6.45, 7) is 9.89. The van der Waals surface area contributed by atoms with Crippen molar-refractivity contribution in [2.75, 3.05) is 99.9 Å². The van der Waals surface area contributed by atoms with Crippen LogP contribution in [0, 0.1) is 5.92 Å². The topological polar surface area (TPSA) is 265 Å². The minimum absolute atomic E-state index is 0.0360. The zero-order valence-corrected chi connectivity index (χ0v) is 49.0. The predicted molar refractivity (Wildman–Crippen MR) is 303 cm³/mol. The number of benzene rings is 2. The van der Waals surface area contributed by atoms with E-state index in [2.05, 4.69) is 49.5 Å². The number of aryl methyl sites for hydroxylation is 1. The highest BCUT2D eigenvalue weighted by Crippen LogP contribution is 2.49. The van der Waals surface area contributed by atoms with E-state index in [1.165, 1.54) is 38.0 Å². The summed E-state index contributed by atoms with van der Waals surface area (Å²) >= 11 is 6.82. The normalized spacial score (nSPS) is 24.5. The van der Waals surface area contributed by atoms with Crippen molar-refractivity contribution in [2.24, 2.45) is 5.92 Å². The lowest BCUT2D eigenvalue weighted by Gasteiger charge is -2.42. The van der Waals surface area contributed by atoms with E-state index in [0.717, 1.165) is 27.7 Å². The van der Waals surface area contributed by atoms with Crippen LogP contribution in [0.2, 0.25) is 5.02 Å². The number of aliphatic hydroxyl groups is 1. The maximum Gasteiger partial charge on any atom is 0.409 e. The van der Waals surface area contributed by atoms with Crippen LogP contribution in [0.4, 0.5) is 10.5 Å². The van der Waals surface area contributed by atoms with Crippen LogP contribution in [0.5, 0.6) is 5.75 Å². The number of aromatic nitrogens is 1. The summed E-state index contributed by atoms with van der Waals surface area (Å²) in [6.07, 6.45) is 0.787. The summed E-state index contributed by atoms with van der Waals surface area (Å²) in [5, 5.41) is 26.4. The van der Waals surface area contributed by atoms with Gasteiger partial charge in [-0.1, -0.05) is 60.5 Å². The summed E-state index contributed by atoms with van der Waals surface area (Å²) in [4.78, 5) is 82.4. The molecule has 24 heteroatoms. The number of carbonyl (C=O) groups excluding carboxylic acids is 6. The van der Waals surface area contributed by atoms with Crippen LogP contribution >= 0.6 is 11.6 Å². The molecule has 3 aliphatic rings. The number of hydrazine groups is 1. The van der Waals surface area contributed by atoms with E-state index in [1.54, 1.807) is 45.2 Å². The summed E-state index contributed by atoms with van der Waals surface area (Å²) in [6, 6.07) is 12.7. The number of amides is 5. The smallest absolute Gasteiger partial charge is 0.409 e. The second kappa shape index (κ2) is 29.7. The summed E-state index contributed by atoms with van der Waals surface area (Å²) in [5.74, 6) is -2.22. The number of methoxy groups -OCH3 is 2. The van der Waals surface area contributed by atoms with Gasteiger partial charge in [-0.05, 0) is 69.5 Å². The molecule has 2 aromatic carbocycles. The monoisotopic (exact) mass is 1150 g/mol. The number of hydrogen-bond acceptors (Lipinski definition) is 17. The largest absolute Gasteiger partial charge is 0.495 e. The minimum Gasteiger partial charge on any atom is -0.495 e. The lowest BCUT2D eigenvalue weighted by molar-refractivity contribution is -0.162. The average Bonchev–Trinajstić information content (AvgIpc) is 2.64. The zero-order valence-electron chi connectivity index (χ0n) is 48.3. The van der Waals surface area contributed by atoms with Gasteiger partial charge in [0, 0.05) is 84.4 Å². The number of nitrogens with zero attached hydrogens (tertiary/aromatic N) is 4. The Hall–Kier alpha value is -6.15. The van der Waals surface area contributed by atoms with Crippen molar-refractivity contribution in [1.29, 1.82) is 0 Å². The molecule has 5 amide bonds. The molecule has 6 rings (SSSR count). The molecule has 446 valence electrons. The number of halogens is 1. The van der Waals surface area contributed by atoms with Crippen molar-refractivity contribution in [2.45, 2.75) is 115 Å². The number of hydrogen-bond donors (Lipinski definition) is 6. The first kappa shape index (κ1) is 64.0. The Morgan fingerprint density at radius 1 is 0.988 bits per heavy atom. The maximum atomic E-state index is 14.3. The summed E-state index contributed by atoms with van der Waals surface area (Å²) < 4.78 is 42.8. The number of anilines is 1. The number of epoxide rings is 1. The highest BCUT2D eigenvalue weighted by molar-refractivity contribution is 6.35. The predicted octanol–water partition coefficient (Wildman–Crippen LogP) is 3.37. The van der Waals surface area contributed by atoms with Crippen LogP contribution in [0.25, 0.3) is 10.9 Å². The van der Waals surface area contributed by atoms with Gasteiger partial charge in [0.25, 0.3) is 0 Å². The van der Waals surface area contributed by atoms with Crippen molar-refractivity contribution >= 4 is 63.9 Å². The lowest BCUT2D eigenvalue weighted by atomic mass is 9.83. The number of fused-ring (bicyclic) bond motifs is 6. The SMILES string of the molecule is CNN(C)Cc1cc2ccccc2n1CCC(=O)NCCNCC(=O)NCCOCCOCCC(=O)N(C)[C@@H](C)C(=O)O[C@H]1CC(=O)N(C)c2cc(cc(OC)c2Cl)C/C(C)=C/C=C/[C@@H](OC)[C@@]2(O)C[C@H](OC(=O)N2)[C@@H](C)C2O[C@]21C. The fourth-order valence-electron chi connectivity index (χ4n) is 9.98. The van der Waals surface area contributed by atoms with Gasteiger partial charge in [0.2, 0.25) is 23.6 Å². The number of carbonyl (C=O) groups is 6. The third kappa shape index (κ3) is 17.2. The first-order chi connectivity index (χ1) is 38.6. The molecule has 23 nitrogen and oxygen atoms in total. The number of esters is 1. The molecule has 0 saturated carbocycles. The van der Waals surface area contributed by atoms with Gasteiger partial charge >= 0.3 is 12.1 Å². The molecular weight excluding hydrogens is 1070 g/mol. The third-order valence-electron chi connectivity index (χ3n) is 15.1. The van der Waals surface area contributed by atoms with Crippen LogP contribution in [-0.2, 0) is 71.9 Å². The van der Waals surface area contributed by atoms with Gasteiger partial charge in [-0.3, -0.25) is 29.9 Å². The Bertz CT molecular complexity index is 2740. The van der Waals surface area contributed by atoms with Crippen molar-refractivity contribution in [1.82, 2.24) is 41.2 Å². The number of alkyl carbamates (subject to hydrolysis) is 1. The molecule has 2 fully saturated rings. The highest BCUT2D eigenvalue weighted by atomic mass is 35.5. The molecule has 81 heavy (non-hydrogen) atoms. The van der Waals surface area contributed by atoms with Crippen LogP contribution < -0.4 is 36.3 Å². The Morgan fingerprint density at radius 3 is 2.44 bits per heavy atom. The Morgan fingerprint density at radius 2 is 1.72 bits per heavy atom. The first-order valence-electron chi connectivity index (χ1n) is 27.3. The standard InChI is InChI=1S/C57H82ClN9O14/c1-36-14-13-17-46(76-10)57(74)33-45(79-55(73)63-57)37(2)53-56(4,81-53)47(32-51(71)66(8)43-29-39(28-36)30-44(75-9)52(43)58)80-54(72)38(3)65(7)50(70)19-24-77-26-27-78-25-22-62-49(69)34-60-20-21-61-48(68)18-23-67-41(35-64(6)59-5)31-40-15-11-12-16-42(40)67/h11-17,29-31,37-38,45-47,53,59-60,74H,18-28,32-35H2,1-10H3,(H,61,68)(H,62,69)(H,63,73)/b17-13+,36-14+/t37-,38+,45+,46-,47+,53?,56+,57+/m1/s1. The van der Waals surface area contributed by atoms with Crippen molar-refractivity contribution in [3.63, 3.8) is 0 Å². The Labute approximate surface area is 479 Å². The number of para-hydroxylation sites is 1. The van der Waals surface area contributed by atoms with Crippen LogP contribution in [0.1, 0.15) is 64.6 Å². The Balaban J connectivity index is 0.929. The van der Waals surface area contributed by atoms with Crippen LogP contribution in [0.15, 0.2) is 66.3 Å². The molecule has 6 N–H and O–H groups in total. The molecule has 0 spiro atoms. The second-order valence-electron chi connectivity index (χ2n) is 20.9. The quantitative estimate of drug-likeness (QED) is 0.0307. The third-order valence-corrected chi connectivity index (χ3v) is 15.5. The maximum absolute atomic E-state index is 14.3. The van der Waals surface area contributed by atoms with Gasteiger partial charge in [-0.2, -0.15) is 0 Å². The molecule has 4 heterocycles. The molecule has 8 atom stereocenters. The van der Waals surface area contributed by atoms with E-state index in [0.29, 0.717) is 50.5 Å². The summed E-state index contributed by atoms with van der Waals surface area (Å²) in [5.41, 5.74) is 4.18. The summed E-state index contributed by atoms with van der Waals surface area (Å²) in [7, 11) is 9.74. The number of ether oxygens (including phenoxy) is 7. The Kier molecular flexibility index (Phi) is 23.5. The van der Waals surface area contributed by atoms with Crippen LogP contribution in [0.3, 0.4) is 0 Å². The first-order valence-corrected chi connectivity index (χ1v) is 27.7. The molecule has 0 radical (unpaired) electrons. The molecule has 1 unspecified atom stereocenters. The molecular formula is C57H82ClN9O14. The van der Waals surface area contributed by atoms with Crippen molar-refractivity contribution < 1.29 is 67.0 Å². The van der Waals surface area contributed by atoms with Gasteiger partial charge in [0.15, 0.2) is 5.72 Å². The van der Waals surface area contributed by atoms with E-state index in [4.69, 9.17) is 44.8 Å². The van der Waals surface area contributed by atoms with E-state index in [-0.39, 0.29) is 75.6 Å². The zero-order chi connectivity index (χ0) is 59.0. The average molecular weight is 1150 g/mol. The molecule has 3 aliphatic heterocycles. The van der Waals surface area contributed by atoms with E-state index in [9.17, 15) is 33.9 Å². The fourth-order valence-corrected chi connectivity index (χ4v) is 10.3. The van der Waals surface area contributed by atoms with Gasteiger partial charge in [-0.25, -0.2) is 14.6 Å². The van der Waals surface area contributed by atoms with E-state index < -0.39 is 71.6 Å². The van der Waals surface area contributed by atoms with Crippen molar-refractivity contribution in [3.8, 4) is 5.75 Å². The lowest BCUT2D eigenvalue weighted by Crippen LogP contribution is -2.63. The highest BCUT2D eigenvalue weighted by Gasteiger charge is 2.64. The molecule has 2 saturated heterocycles. The molecule has 0 aliphatic carbocycles. The number of rotatable bonds is 25. The van der Waals surface area contributed by atoms with E-state index >= 15 is 0 Å². The second-order valence-corrected chi connectivity index (χ2v) is 21.3. The number of nitrogens with one attached hydrogen (secondary N) is 5. The molecule has 3 aromatic rings. The number of likely N-dealkylation sites (N-methyl/N-ethyl adjacent to an activating group) is 1. The molecule has 1 aromatic heterocycles. The fraction of sp³-hybridized carbons (Fsp3) is 0.579.